The Morgan fingerprint density at radius 1 is 1.75 bits per heavy atom. The Bertz CT molecular complexity index is 232. The van der Waals surface area contributed by atoms with Crippen LogP contribution >= 0.6 is 11.8 Å². The van der Waals surface area contributed by atoms with Crippen LogP contribution in [0.25, 0.3) is 0 Å². The topological polar surface area (TPSA) is 43.8 Å². The van der Waals surface area contributed by atoms with E-state index >= 15 is 0 Å². The Labute approximate surface area is 77.3 Å². The fourth-order valence-corrected chi connectivity index (χ4v) is 1.29. The molecule has 0 aromatic carbocycles. The lowest BCUT2D eigenvalue weighted by molar-refractivity contribution is 0.665. The van der Waals surface area contributed by atoms with Gasteiger partial charge in [-0.15, -0.1) is 0 Å². The summed E-state index contributed by atoms with van der Waals surface area (Å²) in [7, 11) is 0. The lowest BCUT2D eigenvalue weighted by atomic mass is 10.2. The smallest absolute Gasteiger partial charge is 0.0537 e. The lowest BCUT2D eigenvalue weighted by Crippen LogP contribution is -2.04. The highest BCUT2D eigenvalue weighted by atomic mass is 32.2. The summed E-state index contributed by atoms with van der Waals surface area (Å²) in [6.07, 6.45) is 5.95. The Balaban J connectivity index is 2.52. The molecule has 0 saturated carbocycles. The van der Waals surface area contributed by atoms with Crippen LogP contribution in [0.5, 0.6) is 0 Å². The fourth-order valence-electron chi connectivity index (χ4n) is 0.922. The first-order valence-corrected chi connectivity index (χ1v) is 5.40. The minimum atomic E-state index is 0.0908. The standard InChI is InChI=1S/C8H15N3S/c1-7(9)8-5-10-11(6-8)3-4-12-2/h5-7H,3-4,9H2,1-2H3. The second-order valence-corrected chi connectivity index (χ2v) is 3.80. The first-order valence-electron chi connectivity index (χ1n) is 4.01. The zero-order chi connectivity index (χ0) is 8.97. The third-order valence-corrected chi connectivity index (χ3v) is 2.29. The molecule has 4 heteroatoms. The molecule has 0 spiro atoms. The van der Waals surface area contributed by atoms with Crippen LogP contribution in [-0.4, -0.2) is 21.8 Å². The molecule has 0 fully saturated rings. The number of aryl methyl sites for hydroxylation is 1. The van der Waals surface area contributed by atoms with Gasteiger partial charge >= 0.3 is 0 Å². The van der Waals surface area contributed by atoms with Crippen molar-refractivity contribution in [2.24, 2.45) is 5.73 Å². The van der Waals surface area contributed by atoms with Crippen molar-refractivity contribution in [3.8, 4) is 0 Å². The molecule has 68 valence electrons. The van der Waals surface area contributed by atoms with Crippen LogP contribution in [-0.2, 0) is 6.54 Å². The van der Waals surface area contributed by atoms with E-state index in [0.717, 1.165) is 17.9 Å². The van der Waals surface area contributed by atoms with E-state index in [4.69, 9.17) is 5.73 Å². The van der Waals surface area contributed by atoms with Crippen LogP contribution < -0.4 is 5.73 Å². The highest BCUT2D eigenvalue weighted by molar-refractivity contribution is 7.98. The molecule has 1 aromatic rings. The van der Waals surface area contributed by atoms with Gasteiger partial charge in [0.2, 0.25) is 0 Å². The van der Waals surface area contributed by atoms with Gasteiger partial charge in [0.05, 0.1) is 6.20 Å². The van der Waals surface area contributed by atoms with Crippen LogP contribution in [0.3, 0.4) is 0 Å². The van der Waals surface area contributed by atoms with E-state index in [2.05, 4.69) is 11.4 Å². The van der Waals surface area contributed by atoms with E-state index in [1.54, 1.807) is 0 Å². The van der Waals surface area contributed by atoms with Crippen molar-refractivity contribution in [1.82, 2.24) is 9.78 Å². The second kappa shape index (κ2) is 4.52. The zero-order valence-corrected chi connectivity index (χ0v) is 8.34. The number of nitrogens with zero attached hydrogens (tertiary/aromatic N) is 2. The summed E-state index contributed by atoms with van der Waals surface area (Å²) >= 11 is 1.82. The Morgan fingerprint density at radius 3 is 3.00 bits per heavy atom. The lowest BCUT2D eigenvalue weighted by Gasteiger charge is -1.99. The number of hydrogen-bond donors (Lipinski definition) is 1. The molecule has 2 N–H and O–H groups in total. The normalized spacial score (nSPS) is 13.2. The van der Waals surface area contributed by atoms with E-state index in [1.165, 1.54) is 0 Å². The first kappa shape index (κ1) is 9.61. The summed E-state index contributed by atoms with van der Waals surface area (Å²) in [5, 5.41) is 4.20. The summed E-state index contributed by atoms with van der Waals surface area (Å²) < 4.78 is 1.94. The van der Waals surface area contributed by atoms with E-state index in [1.807, 2.05) is 35.8 Å². The molecule has 12 heavy (non-hydrogen) atoms. The minimum Gasteiger partial charge on any atom is -0.324 e. The van der Waals surface area contributed by atoms with Gasteiger partial charge in [-0.2, -0.15) is 16.9 Å². The highest BCUT2D eigenvalue weighted by Gasteiger charge is 2.01. The van der Waals surface area contributed by atoms with Crippen molar-refractivity contribution in [2.75, 3.05) is 12.0 Å². The van der Waals surface area contributed by atoms with Crippen molar-refractivity contribution >= 4 is 11.8 Å². The minimum absolute atomic E-state index is 0.0908. The molecule has 0 radical (unpaired) electrons. The molecule has 0 saturated heterocycles. The molecule has 1 heterocycles. The average Bonchev–Trinajstić information content (AvgIpc) is 2.48. The Morgan fingerprint density at radius 2 is 2.50 bits per heavy atom. The van der Waals surface area contributed by atoms with E-state index < -0.39 is 0 Å². The predicted molar refractivity (Wildman–Crippen MR) is 53.2 cm³/mol. The number of aromatic nitrogens is 2. The molecular formula is C8H15N3S. The van der Waals surface area contributed by atoms with Gasteiger partial charge < -0.3 is 5.73 Å². The summed E-state index contributed by atoms with van der Waals surface area (Å²) in [5.41, 5.74) is 6.80. The fraction of sp³-hybridized carbons (Fsp3) is 0.625. The van der Waals surface area contributed by atoms with Crippen molar-refractivity contribution in [2.45, 2.75) is 19.5 Å². The van der Waals surface area contributed by atoms with Gasteiger partial charge in [0.15, 0.2) is 0 Å². The summed E-state index contributed by atoms with van der Waals surface area (Å²) in [5.74, 6) is 1.10. The van der Waals surface area contributed by atoms with Gasteiger partial charge in [0, 0.05) is 30.1 Å². The third-order valence-electron chi connectivity index (χ3n) is 1.70. The molecular weight excluding hydrogens is 170 g/mol. The number of thioether (sulfide) groups is 1. The van der Waals surface area contributed by atoms with Crippen LogP contribution in [0.1, 0.15) is 18.5 Å². The highest BCUT2D eigenvalue weighted by Crippen LogP contribution is 2.07. The van der Waals surface area contributed by atoms with Crippen LogP contribution in [0.15, 0.2) is 12.4 Å². The maximum Gasteiger partial charge on any atom is 0.0537 e. The van der Waals surface area contributed by atoms with Crippen molar-refractivity contribution in [1.29, 1.82) is 0 Å². The Hall–Kier alpha value is -0.480. The summed E-state index contributed by atoms with van der Waals surface area (Å²) in [4.78, 5) is 0. The number of nitrogens with two attached hydrogens (primary N) is 1. The van der Waals surface area contributed by atoms with Gasteiger partial charge in [-0.3, -0.25) is 4.68 Å². The Kier molecular flexibility index (Phi) is 3.62. The van der Waals surface area contributed by atoms with Crippen LogP contribution in [0, 0.1) is 0 Å². The molecule has 1 rings (SSSR count). The molecule has 0 aliphatic carbocycles. The molecule has 3 nitrogen and oxygen atoms in total. The summed E-state index contributed by atoms with van der Waals surface area (Å²) in [6.45, 7) is 2.93. The van der Waals surface area contributed by atoms with Crippen LogP contribution in [0.4, 0.5) is 0 Å². The molecule has 0 amide bonds. The SMILES string of the molecule is CSCCn1cc(C(C)N)cn1. The van der Waals surface area contributed by atoms with Crippen molar-refractivity contribution in [3.05, 3.63) is 18.0 Å². The quantitative estimate of drug-likeness (QED) is 0.768. The number of hydrogen-bond acceptors (Lipinski definition) is 3. The van der Waals surface area contributed by atoms with E-state index in [9.17, 15) is 0 Å². The van der Waals surface area contributed by atoms with Gasteiger partial charge in [-0.25, -0.2) is 0 Å². The first-order chi connectivity index (χ1) is 5.74. The van der Waals surface area contributed by atoms with E-state index in [-0.39, 0.29) is 6.04 Å². The third kappa shape index (κ3) is 2.53. The average molecular weight is 185 g/mol. The second-order valence-electron chi connectivity index (χ2n) is 2.82. The molecule has 0 aliphatic rings. The molecule has 1 unspecified atom stereocenters. The van der Waals surface area contributed by atoms with Gasteiger partial charge in [0.1, 0.15) is 0 Å². The number of rotatable bonds is 4. The van der Waals surface area contributed by atoms with Gasteiger partial charge in [0.25, 0.3) is 0 Å². The van der Waals surface area contributed by atoms with Crippen molar-refractivity contribution in [3.63, 3.8) is 0 Å². The molecule has 0 aliphatic heterocycles. The molecule has 1 atom stereocenters. The predicted octanol–water partition coefficient (Wildman–Crippen LogP) is 1.27. The molecule has 1 aromatic heterocycles. The largest absolute Gasteiger partial charge is 0.324 e. The monoisotopic (exact) mass is 185 g/mol. The summed E-state index contributed by atoms with van der Waals surface area (Å²) in [6, 6.07) is 0.0908. The van der Waals surface area contributed by atoms with Crippen LogP contribution in [0.2, 0.25) is 0 Å². The maximum atomic E-state index is 5.70. The molecule has 0 bridgehead atoms. The van der Waals surface area contributed by atoms with Gasteiger partial charge in [-0.05, 0) is 13.2 Å². The zero-order valence-electron chi connectivity index (χ0n) is 7.53. The van der Waals surface area contributed by atoms with E-state index in [0.29, 0.717) is 0 Å². The maximum absolute atomic E-state index is 5.70. The van der Waals surface area contributed by atoms with Gasteiger partial charge in [-0.1, -0.05) is 0 Å². The van der Waals surface area contributed by atoms with Crippen molar-refractivity contribution < 1.29 is 0 Å².